The fraction of sp³-hybridized carbons (Fsp3) is 0.200. The van der Waals surface area contributed by atoms with Gasteiger partial charge in [0.2, 0.25) is 0 Å². The summed E-state index contributed by atoms with van der Waals surface area (Å²) in [7, 11) is 1.33. The highest BCUT2D eigenvalue weighted by Gasteiger charge is 2.16. The third-order valence-electron chi connectivity index (χ3n) is 1.74. The number of ether oxygens (including phenoxy) is 1. The summed E-state index contributed by atoms with van der Waals surface area (Å²) in [5, 5.41) is 8.57. The standard InChI is InChI=1S/C10H8BrNO2/c1-14-10(13)9(11)8-4-2-7(6-12)3-5-8/h2-5,9H,1H3. The number of halogens is 1. The first-order valence-corrected chi connectivity index (χ1v) is 4.82. The van der Waals surface area contributed by atoms with E-state index in [1.54, 1.807) is 24.3 Å². The Balaban J connectivity index is 2.88. The van der Waals surface area contributed by atoms with Crippen LogP contribution in [0.5, 0.6) is 0 Å². The zero-order valence-corrected chi connectivity index (χ0v) is 9.11. The van der Waals surface area contributed by atoms with Crippen LogP contribution in [0.25, 0.3) is 0 Å². The number of hydrogen-bond donors (Lipinski definition) is 0. The van der Waals surface area contributed by atoms with Gasteiger partial charge in [-0.05, 0) is 17.7 Å². The van der Waals surface area contributed by atoms with Gasteiger partial charge < -0.3 is 4.74 Å². The third-order valence-corrected chi connectivity index (χ3v) is 2.64. The number of esters is 1. The highest BCUT2D eigenvalue weighted by atomic mass is 79.9. The number of alkyl halides is 1. The number of nitriles is 1. The second-order valence-corrected chi connectivity index (χ2v) is 3.54. The highest BCUT2D eigenvalue weighted by molar-refractivity contribution is 9.09. The molecule has 0 aliphatic carbocycles. The average Bonchev–Trinajstić information content (AvgIpc) is 2.27. The topological polar surface area (TPSA) is 50.1 Å². The summed E-state index contributed by atoms with van der Waals surface area (Å²) in [6.07, 6.45) is 0. The van der Waals surface area contributed by atoms with E-state index in [9.17, 15) is 4.79 Å². The molecule has 0 aliphatic heterocycles. The van der Waals surface area contributed by atoms with E-state index in [1.807, 2.05) is 6.07 Å². The molecule has 0 amide bonds. The number of hydrogen-bond acceptors (Lipinski definition) is 3. The van der Waals surface area contributed by atoms with E-state index in [0.29, 0.717) is 5.56 Å². The van der Waals surface area contributed by atoms with Crippen LogP contribution in [0, 0.1) is 11.3 Å². The Morgan fingerprint density at radius 2 is 2.07 bits per heavy atom. The van der Waals surface area contributed by atoms with Crippen molar-refractivity contribution in [3.05, 3.63) is 35.4 Å². The van der Waals surface area contributed by atoms with Crippen LogP contribution in [0.2, 0.25) is 0 Å². The van der Waals surface area contributed by atoms with Crippen molar-refractivity contribution < 1.29 is 9.53 Å². The predicted octanol–water partition coefficient (Wildman–Crippen LogP) is 2.17. The number of nitrogens with zero attached hydrogens (tertiary/aromatic N) is 1. The fourth-order valence-corrected chi connectivity index (χ4v) is 1.46. The van der Waals surface area contributed by atoms with Crippen LogP contribution in [-0.4, -0.2) is 13.1 Å². The normalized spacial score (nSPS) is 11.5. The van der Waals surface area contributed by atoms with Crippen molar-refractivity contribution in [3.8, 4) is 6.07 Å². The Hall–Kier alpha value is -1.34. The first-order valence-electron chi connectivity index (χ1n) is 3.91. The summed E-state index contributed by atoms with van der Waals surface area (Å²) in [6, 6.07) is 8.76. The van der Waals surface area contributed by atoms with Crippen LogP contribution in [-0.2, 0) is 9.53 Å². The van der Waals surface area contributed by atoms with Gasteiger partial charge in [-0.1, -0.05) is 28.1 Å². The Kier molecular flexibility index (Phi) is 3.66. The maximum Gasteiger partial charge on any atom is 0.323 e. The lowest BCUT2D eigenvalue weighted by Crippen LogP contribution is -2.07. The van der Waals surface area contributed by atoms with Crippen LogP contribution in [0.4, 0.5) is 0 Å². The zero-order chi connectivity index (χ0) is 10.6. The molecule has 0 spiro atoms. The van der Waals surface area contributed by atoms with Gasteiger partial charge in [0.1, 0.15) is 4.83 Å². The third kappa shape index (κ3) is 2.33. The van der Waals surface area contributed by atoms with Crippen molar-refractivity contribution in [2.45, 2.75) is 4.83 Å². The molecule has 14 heavy (non-hydrogen) atoms. The van der Waals surface area contributed by atoms with Gasteiger partial charge >= 0.3 is 5.97 Å². The second-order valence-electron chi connectivity index (χ2n) is 2.62. The van der Waals surface area contributed by atoms with Crippen molar-refractivity contribution in [3.63, 3.8) is 0 Å². The molecule has 0 heterocycles. The van der Waals surface area contributed by atoms with E-state index in [0.717, 1.165) is 5.56 Å². The Labute approximate surface area is 90.4 Å². The average molecular weight is 254 g/mol. The summed E-state index contributed by atoms with van der Waals surface area (Å²) in [6.45, 7) is 0. The zero-order valence-electron chi connectivity index (χ0n) is 7.53. The summed E-state index contributed by atoms with van der Waals surface area (Å²) in [5.74, 6) is -0.352. The van der Waals surface area contributed by atoms with Gasteiger partial charge in [-0.15, -0.1) is 0 Å². The minimum absolute atomic E-state index is 0.352. The van der Waals surface area contributed by atoms with Crippen LogP contribution in [0.15, 0.2) is 24.3 Å². The quantitative estimate of drug-likeness (QED) is 0.600. The first kappa shape index (κ1) is 10.7. The van der Waals surface area contributed by atoms with Crippen molar-refractivity contribution in [2.24, 2.45) is 0 Å². The monoisotopic (exact) mass is 253 g/mol. The van der Waals surface area contributed by atoms with Crippen molar-refractivity contribution in [2.75, 3.05) is 7.11 Å². The Morgan fingerprint density at radius 1 is 1.50 bits per heavy atom. The molecule has 0 saturated heterocycles. The van der Waals surface area contributed by atoms with Gasteiger partial charge in [0.05, 0.1) is 18.7 Å². The molecule has 0 fully saturated rings. The van der Waals surface area contributed by atoms with Crippen LogP contribution >= 0.6 is 15.9 Å². The van der Waals surface area contributed by atoms with E-state index in [4.69, 9.17) is 5.26 Å². The van der Waals surface area contributed by atoms with Gasteiger partial charge in [0.15, 0.2) is 0 Å². The molecule has 1 aromatic carbocycles. The summed E-state index contributed by atoms with van der Waals surface area (Å²) in [5.41, 5.74) is 1.34. The van der Waals surface area contributed by atoms with E-state index < -0.39 is 4.83 Å². The van der Waals surface area contributed by atoms with Crippen molar-refractivity contribution >= 4 is 21.9 Å². The van der Waals surface area contributed by atoms with Gasteiger partial charge in [-0.3, -0.25) is 4.79 Å². The molecule has 3 nitrogen and oxygen atoms in total. The molecule has 1 rings (SSSR count). The highest BCUT2D eigenvalue weighted by Crippen LogP contribution is 2.23. The van der Waals surface area contributed by atoms with Gasteiger partial charge in [0, 0.05) is 0 Å². The SMILES string of the molecule is COC(=O)C(Br)c1ccc(C#N)cc1. The smallest absolute Gasteiger partial charge is 0.323 e. The number of carbonyl (C=O) groups excluding carboxylic acids is 1. The van der Waals surface area contributed by atoms with Crippen LogP contribution in [0.3, 0.4) is 0 Å². The number of rotatable bonds is 2. The first-order chi connectivity index (χ1) is 6.69. The van der Waals surface area contributed by atoms with E-state index in [-0.39, 0.29) is 5.97 Å². The number of carbonyl (C=O) groups is 1. The molecule has 0 aliphatic rings. The molecule has 0 radical (unpaired) electrons. The van der Waals surface area contributed by atoms with Crippen molar-refractivity contribution in [1.29, 1.82) is 5.26 Å². The predicted molar refractivity (Wildman–Crippen MR) is 54.8 cm³/mol. The number of methoxy groups -OCH3 is 1. The molecular formula is C10H8BrNO2. The molecule has 0 N–H and O–H groups in total. The molecule has 4 heteroatoms. The van der Waals surface area contributed by atoms with Crippen LogP contribution < -0.4 is 0 Å². The van der Waals surface area contributed by atoms with E-state index >= 15 is 0 Å². The minimum atomic E-state index is -0.472. The van der Waals surface area contributed by atoms with E-state index in [1.165, 1.54) is 7.11 Å². The lowest BCUT2D eigenvalue weighted by atomic mass is 10.1. The van der Waals surface area contributed by atoms with Crippen LogP contribution in [0.1, 0.15) is 16.0 Å². The van der Waals surface area contributed by atoms with Gasteiger partial charge in [-0.2, -0.15) is 5.26 Å². The molecule has 72 valence electrons. The Morgan fingerprint density at radius 3 is 2.50 bits per heavy atom. The molecule has 1 atom stereocenters. The van der Waals surface area contributed by atoms with Crippen molar-refractivity contribution in [1.82, 2.24) is 0 Å². The lowest BCUT2D eigenvalue weighted by molar-refractivity contribution is -0.139. The largest absolute Gasteiger partial charge is 0.468 e. The van der Waals surface area contributed by atoms with E-state index in [2.05, 4.69) is 20.7 Å². The Bertz CT molecular complexity index is 367. The molecule has 0 bridgehead atoms. The second kappa shape index (κ2) is 4.77. The molecule has 0 aromatic heterocycles. The number of benzene rings is 1. The molecule has 1 aromatic rings. The fourth-order valence-electron chi connectivity index (χ4n) is 0.966. The maximum absolute atomic E-state index is 11.1. The molecule has 1 unspecified atom stereocenters. The summed E-state index contributed by atoms with van der Waals surface area (Å²) >= 11 is 3.20. The summed E-state index contributed by atoms with van der Waals surface area (Å²) < 4.78 is 4.57. The van der Waals surface area contributed by atoms with Gasteiger partial charge in [-0.25, -0.2) is 0 Å². The summed E-state index contributed by atoms with van der Waals surface area (Å²) in [4.78, 5) is 10.7. The lowest BCUT2D eigenvalue weighted by Gasteiger charge is -2.06. The molecule has 0 saturated carbocycles. The maximum atomic E-state index is 11.1. The van der Waals surface area contributed by atoms with Gasteiger partial charge in [0.25, 0.3) is 0 Å². The minimum Gasteiger partial charge on any atom is -0.468 e. The molecular weight excluding hydrogens is 246 g/mol.